The topological polar surface area (TPSA) is 7.76 Å². The van der Waals surface area contributed by atoms with Gasteiger partial charge in [-0.2, -0.15) is 0 Å². The Kier molecular flexibility index (Phi) is 11.2. The van der Waals surface area contributed by atoms with Gasteiger partial charge >= 0.3 is 0 Å². The lowest BCUT2D eigenvalue weighted by Crippen LogP contribution is -3.00. The van der Waals surface area contributed by atoms with Gasteiger partial charge in [0.1, 0.15) is 13.1 Å². The van der Waals surface area contributed by atoms with Gasteiger partial charge in [-0.1, -0.05) is 0 Å². The maximum Gasteiger partial charge on any atom is 0.169 e. The molecule has 0 saturated carbocycles. The van der Waals surface area contributed by atoms with Crippen LogP contribution < -0.4 is 57.1 Å². The molecule has 116 valence electrons. The van der Waals surface area contributed by atoms with E-state index in [4.69, 9.17) is 0 Å². The molecule has 2 heterocycles. The van der Waals surface area contributed by atoms with Gasteiger partial charge in [0.15, 0.2) is 24.8 Å². The summed E-state index contributed by atoms with van der Waals surface area (Å²) in [5, 5.41) is 0. The monoisotopic (exact) mass is 510 g/mol. The van der Waals surface area contributed by atoms with Crippen molar-refractivity contribution in [2.24, 2.45) is 0 Å². The SMILES string of the molecule is Cc1cc[n+](CCCCC[n+]2ccc(C)cc2)cc1.[I-].[I-]. The first-order chi connectivity index (χ1) is 9.24. The first-order valence-electron chi connectivity index (χ1n) is 7.15. The van der Waals surface area contributed by atoms with Gasteiger partial charge in [0.25, 0.3) is 0 Å². The third kappa shape index (κ3) is 8.09. The fraction of sp³-hybridized carbons (Fsp3) is 0.412. The first kappa shape index (κ1) is 20.8. The van der Waals surface area contributed by atoms with Crippen molar-refractivity contribution in [2.75, 3.05) is 0 Å². The van der Waals surface area contributed by atoms with Crippen LogP contribution in [0.4, 0.5) is 0 Å². The van der Waals surface area contributed by atoms with Crippen LogP contribution in [0.2, 0.25) is 0 Å². The van der Waals surface area contributed by atoms with Gasteiger partial charge in [-0.25, -0.2) is 9.13 Å². The van der Waals surface area contributed by atoms with Crippen LogP contribution >= 0.6 is 0 Å². The van der Waals surface area contributed by atoms with Crippen molar-refractivity contribution < 1.29 is 57.1 Å². The quantitative estimate of drug-likeness (QED) is 0.220. The third-order valence-electron chi connectivity index (χ3n) is 3.45. The lowest BCUT2D eigenvalue weighted by Gasteiger charge is -1.99. The number of pyridine rings is 2. The van der Waals surface area contributed by atoms with Crippen molar-refractivity contribution in [3.8, 4) is 0 Å². The van der Waals surface area contributed by atoms with Crippen LogP contribution in [0.1, 0.15) is 30.4 Å². The van der Waals surface area contributed by atoms with Gasteiger partial charge in [-0.3, -0.25) is 0 Å². The molecule has 2 rings (SSSR count). The molecular weight excluding hydrogens is 486 g/mol. The number of aryl methyl sites for hydroxylation is 4. The summed E-state index contributed by atoms with van der Waals surface area (Å²) in [7, 11) is 0. The average molecular weight is 510 g/mol. The molecule has 0 aliphatic rings. The minimum Gasteiger partial charge on any atom is -1.00 e. The van der Waals surface area contributed by atoms with Crippen molar-refractivity contribution in [2.45, 2.75) is 46.2 Å². The second-order valence-corrected chi connectivity index (χ2v) is 5.29. The molecule has 0 saturated heterocycles. The highest BCUT2D eigenvalue weighted by Crippen LogP contribution is 1.97. The van der Waals surface area contributed by atoms with E-state index in [2.05, 4.69) is 72.0 Å². The van der Waals surface area contributed by atoms with Gasteiger partial charge in [0.2, 0.25) is 0 Å². The largest absolute Gasteiger partial charge is 1.00 e. The minimum absolute atomic E-state index is 0. The van der Waals surface area contributed by atoms with Crippen molar-refractivity contribution in [3.05, 3.63) is 60.2 Å². The molecular formula is C17H24I2N2. The van der Waals surface area contributed by atoms with E-state index >= 15 is 0 Å². The lowest BCUT2D eigenvalue weighted by molar-refractivity contribution is -0.701. The van der Waals surface area contributed by atoms with Crippen LogP contribution in [-0.2, 0) is 13.1 Å². The van der Waals surface area contributed by atoms with E-state index in [9.17, 15) is 0 Å². The second-order valence-electron chi connectivity index (χ2n) is 5.29. The molecule has 0 N–H and O–H groups in total. The number of aromatic nitrogens is 2. The normalized spacial score (nSPS) is 9.62. The van der Waals surface area contributed by atoms with E-state index in [1.807, 2.05) is 0 Å². The van der Waals surface area contributed by atoms with Crippen LogP contribution in [0.15, 0.2) is 49.1 Å². The zero-order valence-corrected chi connectivity index (χ0v) is 17.1. The molecule has 21 heavy (non-hydrogen) atoms. The molecule has 2 aromatic rings. The number of hydrogen-bond donors (Lipinski definition) is 0. The van der Waals surface area contributed by atoms with Gasteiger partial charge < -0.3 is 48.0 Å². The highest BCUT2D eigenvalue weighted by atomic mass is 127. The average Bonchev–Trinajstić information content (AvgIpc) is 2.43. The van der Waals surface area contributed by atoms with Crippen LogP contribution in [0.3, 0.4) is 0 Å². The fourth-order valence-corrected chi connectivity index (χ4v) is 2.13. The molecule has 0 aliphatic carbocycles. The maximum absolute atomic E-state index is 2.27. The zero-order chi connectivity index (χ0) is 13.5. The summed E-state index contributed by atoms with van der Waals surface area (Å²) in [6, 6.07) is 8.68. The number of rotatable bonds is 6. The van der Waals surface area contributed by atoms with Crippen molar-refractivity contribution >= 4 is 0 Å². The highest BCUT2D eigenvalue weighted by molar-refractivity contribution is 5.03. The Bertz CT molecular complexity index is 448. The smallest absolute Gasteiger partial charge is 0.169 e. The summed E-state index contributed by atoms with van der Waals surface area (Å²) in [5.41, 5.74) is 2.65. The van der Waals surface area contributed by atoms with Crippen molar-refractivity contribution in [1.82, 2.24) is 0 Å². The summed E-state index contributed by atoms with van der Waals surface area (Å²) >= 11 is 0. The maximum atomic E-state index is 2.27. The van der Waals surface area contributed by atoms with Gasteiger partial charge in [-0.05, 0) is 31.4 Å². The Labute approximate surface area is 162 Å². The molecule has 0 amide bonds. The highest BCUT2D eigenvalue weighted by Gasteiger charge is 2.02. The minimum atomic E-state index is 0. The molecule has 0 fully saturated rings. The predicted octanol–water partition coefficient (Wildman–Crippen LogP) is -3.24. The standard InChI is InChI=1S/C17H24N2.2HI/c1-16-6-12-18(13-7-16)10-4-3-5-11-19-14-8-17(2)9-15-19;;/h6-9,12-15H,3-5,10-11H2,1-2H3;2*1H/q+2;;/p-2. The molecule has 0 unspecified atom stereocenters. The van der Waals surface area contributed by atoms with E-state index in [0.717, 1.165) is 13.1 Å². The van der Waals surface area contributed by atoms with Crippen molar-refractivity contribution in [1.29, 1.82) is 0 Å². The van der Waals surface area contributed by atoms with E-state index in [-0.39, 0.29) is 48.0 Å². The Balaban J connectivity index is 0.00000200. The lowest BCUT2D eigenvalue weighted by atomic mass is 10.2. The zero-order valence-electron chi connectivity index (χ0n) is 12.8. The summed E-state index contributed by atoms with van der Waals surface area (Å²) in [6.07, 6.45) is 12.5. The molecule has 4 heteroatoms. The number of hydrogen-bond acceptors (Lipinski definition) is 0. The predicted molar refractivity (Wildman–Crippen MR) is 76.6 cm³/mol. The summed E-state index contributed by atoms with van der Waals surface area (Å²) in [5.74, 6) is 0. The number of unbranched alkanes of at least 4 members (excludes halogenated alkanes) is 2. The van der Waals surface area contributed by atoms with Crippen LogP contribution in [0.25, 0.3) is 0 Å². The Morgan fingerprint density at radius 1 is 0.619 bits per heavy atom. The Morgan fingerprint density at radius 2 is 0.952 bits per heavy atom. The number of nitrogens with zero attached hydrogens (tertiary/aromatic N) is 2. The number of halogens is 2. The summed E-state index contributed by atoms with van der Waals surface area (Å²) < 4.78 is 4.54. The second kappa shape index (κ2) is 11.3. The summed E-state index contributed by atoms with van der Waals surface area (Å²) in [4.78, 5) is 0. The van der Waals surface area contributed by atoms with Crippen LogP contribution in [0.5, 0.6) is 0 Å². The molecule has 2 aromatic heterocycles. The fourth-order valence-electron chi connectivity index (χ4n) is 2.13. The summed E-state index contributed by atoms with van der Waals surface area (Å²) in [6.45, 7) is 6.50. The third-order valence-corrected chi connectivity index (χ3v) is 3.45. The van der Waals surface area contributed by atoms with E-state index in [0.29, 0.717) is 0 Å². The van der Waals surface area contributed by atoms with E-state index in [1.165, 1.54) is 30.4 Å². The molecule has 0 spiro atoms. The molecule has 0 aliphatic heterocycles. The van der Waals surface area contributed by atoms with Gasteiger partial charge in [-0.15, -0.1) is 0 Å². The van der Waals surface area contributed by atoms with Gasteiger partial charge in [0, 0.05) is 37.1 Å². The van der Waals surface area contributed by atoms with E-state index in [1.54, 1.807) is 0 Å². The Hall–Kier alpha value is -0.240. The first-order valence-corrected chi connectivity index (χ1v) is 7.15. The molecule has 0 aromatic carbocycles. The van der Waals surface area contributed by atoms with E-state index < -0.39 is 0 Å². The van der Waals surface area contributed by atoms with Gasteiger partial charge in [0.05, 0.1) is 0 Å². The van der Waals surface area contributed by atoms with Crippen LogP contribution in [0, 0.1) is 13.8 Å². The molecule has 0 bridgehead atoms. The molecule has 2 nitrogen and oxygen atoms in total. The molecule has 0 atom stereocenters. The van der Waals surface area contributed by atoms with Crippen LogP contribution in [-0.4, -0.2) is 0 Å². The van der Waals surface area contributed by atoms with Crippen molar-refractivity contribution in [3.63, 3.8) is 0 Å². The molecule has 0 radical (unpaired) electrons. The Morgan fingerprint density at radius 3 is 1.29 bits per heavy atom.